The van der Waals surface area contributed by atoms with Crippen LogP contribution in [0.3, 0.4) is 0 Å². The Labute approximate surface area is 201 Å². The van der Waals surface area contributed by atoms with Gasteiger partial charge in [-0.3, -0.25) is 0 Å². The minimum atomic E-state index is -4.56. The average molecular weight is 526 g/mol. The second-order valence-corrected chi connectivity index (χ2v) is 11.0. The predicted molar refractivity (Wildman–Crippen MR) is 128 cm³/mol. The number of hydrazine groups is 3. The number of H-pyrrole nitrogens is 1. The van der Waals surface area contributed by atoms with Crippen molar-refractivity contribution in [1.82, 2.24) is 36.6 Å². The predicted octanol–water partition coefficient (Wildman–Crippen LogP) is -2.81. The number of fused-ring (bicyclic) bond motifs is 1. The highest BCUT2D eigenvalue weighted by molar-refractivity contribution is 7.92. The van der Waals surface area contributed by atoms with Crippen LogP contribution in [0.15, 0.2) is 40.1 Å². The molecule has 1 atom stereocenters. The van der Waals surface area contributed by atoms with Crippen molar-refractivity contribution in [3.05, 3.63) is 41.7 Å². The molecule has 0 amide bonds. The Hall–Kier alpha value is -2.55. The van der Waals surface area contributed by atoms with Crippen molar-refractivity contribution < 1.29 is 16.8 Å². The number of aromatic nitrogens is 2. The molecule has 190 valence electrons. The molecule has 0 saturated carbocycles. The molecular formula is C18H27N11O4S2. The molecule has 1 aromatic heterocycles. The van der Waals surface area contributed by atoms with Gasteiger partial charge in [0.2, 0.25) is 20.0 Å². The number of benzene rings is 2. The summed E-state index contributed by atoms with van der Waals surface area (Å²) in [7, 11) is -8.83. The van der Waals surface area contributed by atoms with Crippen LogP contribution < -0.4 is 49.0 Å². The van der Waals surface area contributed by atoms with Gasteiger partial charge < -0.3 is 22.2 Å². The molecule has 17 heteroatoms. The monoisotopic (exact) mass is 525 g/mol. The second kappa shape index (κ2) is 9.84. The normalized spacial score (nSPS) is 16.2. The van der Waals surface area contributed by atoms with Gasteiger partial charge in [-0.2, -0.15) is 11.1 Å². The highest BCUT2D eigenvalue weighted by atomic mass is 32.2. The van der Waals surface area contributed by atoms with E-state index in [0.29, 0.717) is 28.0 Å². The maximum absolute atomic E-state index is 13.0. The number of primary sulfonamides is 1. The molecule has 0 unspecified atom stereocenters. The summed E-state index contributed by atoms with van der Waals surface area (Å²) in [5.74, 6) is 0.453. The van der Waals surface area contributed by atoms with Gasteiger partial charge in [0.05, 0.1) is 17.1 Å². The van der Waals surface area contributed by atoms with Gasteiger partial charge in [0.15, 0.2) is 0 Å². The van der Waals surface area contributed by atoms with E-state index in [1.807, 2.05) is 0 Å². The van der Waals surface area contributed by atoms with E-state index < -0.39 is 42.0 Å². The Morgan fingerprint density at radius 2 is 1.74 bits per heavy atom. The third kappa shape index (κ3) is 4.92. The summed E-state index contributed by atoms with van der Waals surface area (Å²) in [5, 5.41) is 5.58. The molecule has 35 heavy (non-hydrogen) atoms. The molecule has 1 aliphatic heterocycles. The van der Waals surface area contributed by atoms with Crippen LogP contribution in [0, 0.1) is 0 Å². The number of nitrogens with one attached hydrogen (secondary N) is 6. The van der Waals surface area contributed by atoms with Crippen molar-refractivity contribution in [1.29, 1.82) is 0 Å². The van der Waals surface area contributed by atoms with Crippen molar-refractivity contribution in [2.24, 2.45) is 22.3 Å². The summed E-state index contributed by atoms with van der Waals surface area (Å²) in [6, 6.07) is 7.39. The number of aromatic amines is 1. The number of nitrogens with two attached hydrogens (primary N) is 4. The Kier molecular flexibility index (Phi) is 7.18. The lowest BCUT2D eigenvalue weighted by Crippen LogP contribution is -2.33. The first-order chi connectivity index (χ1) is 16.6. The molecule has 0 radical (unpaired) electrons. The third-order valence-corrected chi connectivity index (χ3v) is 8.02. The summed E-state index contributed by atoms with van der Waals surface area (Å²) in [4.78, 5) is 6.60. The van der Waals surface area contributed by atoms with Crippen LogP contribution in [0.25, 0.3) is 22.2 Å². The molecule has 0 spiro atoms. The first kappa shape index (κ1) is 25.5. The van der Waals surface area contributed by atoms with Crippen molar-refractivity contribution in [3.8, 4) is 11.1 Å². The summed E-state index contributed by atoms with van der Waals surface area (Å²) >= 11 is 0. The molecule has 15 nitrogen and oxygen atoms in total. The van der Waals surface area contributed by atoms with Crippen LogP contribution in [0.4, 0.5) is 0 Å². The number of hydrogen-bond donors (Lipinski definition) is 10. The lowest BCUT2D eigenvalue weighted by molar-refractivity contribution is 0.533. The first-order valence-corrected chi connectivity index (χ1v) is 13.5. The van der Waals surface area contributed by atoms with Crippen molar-refractivity contribution in [2.75, 3.05) is 19.6 Å². The van der Waals surface area contributed by atoms with Gasteiger partial charge in [-0.05, 0) is 17.7 Å². The van der Waals surface area contributed by atoms with Crippen LogP contribution in [-0.2, 0) is 20.0 Å². The molecule has 3 aromatic rings. The molecular weight excluding hydrogens is 498 g/mol. The summed E-state index contributed by atoms with van der Waals surface area (Å²) in [6.45, 7) is 0.0811. The molecule has 2 heterocycles. The molecule has 0 bridgehead atoms. The van der Waals surface area contributed by atoms with Crippen LogP contribution in [0.2, 0.25) is 0 Å². The van der Waals surface area contributed by atoms with Crippen LogP contribution in [-0.4, -0.2) is 46.4 Å². The fourth-order valence-electron chi connectivity index (χ4n) is 3.83. The Morgan fingerprint density at radius 1 is 1.03 bits per heavy atom. The lowest BCUT2D eigenvalue weighted by Gasteiger charge is -2.21. The zero-order valence-corrected chi connectivity index (χ0v) is 20.0. The number of para-hydroxylation sites is 1. The van der Waals surface area contributed by atoms with E-state index in [2.05, 4.69) is 36.6 Å². The number of imidazole rings is 1. The van der Waals surface area contributed by atoms with Gasteiger partial charge in [-0.25, -0.2) is 42.5 Å². The SMILES string of the molecule is NCCNS(=O)(=O)c1ccc(-c2cccc3[nH]c([C@H](N)CN)nc23)c(C2NNNN2)c1S(N)(=O)=O. The van der Waals surface area contributed by atoms with E-state index in [4.69, 9.17) is 22.3 Å². The molecule has 1 fully saturated rings. The minimum Gasteiger partial charge on any atom is -0.341 e. The van der Waals surface area contributed by atoms with Crippen LogP contribution in [0.5, 0.6) is 0 Å². The highest BCUT2D eigenvalue weighted by Crippen LogP contribution is 2.39. The average Bonchev–Trinajstić information content (AvgIpc) is 3.50. The fraction of sp³-hybridized carbons (Fsp3) is 0.278. The smallest absolute Gasteiger partial charge is 0.241 e. The van der Waals surface area contributed by atoms with E-state index >= 15 is 0 Å². The number of sulfonamides is 2. The van der Waals surface area contributed by atoms with Crippen LogP contribution >= 0.6 is 0 Å². The topological polar surface area (TPSA) is 261 Å². The van der Waals surface area contributed by atoms with E-state index in [1.54, 1.807) is 18.2 Å². The van der Waals surface area contributed by atoms with Gasteiger partial charge in [-0.15, -0.1) is 0 Å². The molecule has 1 saturated heterocycles. The lowest BCUT2D eigenvalue weighted by atomic mass is 9.96. The Morgan fingerprint density at radius 3 is 2.37 bits per heavy atom. The maximum atomic E-state index is 13.0. The minimum absolute atomic E-state index is 0.0167. The first-order valence-electron chi connectivity index (χ1n) is 10.4. The summed E-state index contributed by atoms with van der Waals surface area (Å²) in [6.07, 6.45) is -0.900. The van der Waals surface area contributed by atoms with Gasteiger partial charge >= 0.3 is 0 Å². The fourth-order valence-corrected chi connectivity index (χ4v) is 6.53. The molecule has 0 aliphatic carbocycles. The van der Waals surface area contributed by atoms with Crippen molar-refractivity contribution >= 4 is 31.1 Å². The van der Waals surface area contributed by atoms with Gasteiger partial charge in [-0.1, -0.05) is 18.2 Å². The number of nitrogens with zero attached hydrogens (tertiary/aromatic N) is 1. The Bertz CT molecular complexity index is 1450. The van der Waals surface area contributed by atoms with E-state index in [9.17, 15) is 16.8 Å². The Balaban J connectivity index is 2.05. The zero-order chi connectivity index (χ0) is 25.4. The molecule has 4 rings (SSSR count). The second-order valence-electron chi connectivity index (χ2n) is 7.72. The van der Waals surface area contributed by atoms with E-state index in [1.165, 1.54) is 12.1 Å². The largest absolute Gasteiger partial charge is 0.341 e. The third-order valence-electron chi connectivity index (χ3n) is 5.38. The van der Waals surface area contributed by atoms with Gasteiger partial charge in [0.25, 0.3) is 0 Å². The summed E-state index contributed by atoms with van der Waals surface area (Å²) in [5.41, 5.74) is 30.0. The number of hydrogen-bond acceptors (Lipinski definition) is 12. The van der Waals surface area contributed by atoms with Gasteiger partial charge in [0.1, 0.15) is 21.8 Å². The number of rotatable bonds is 9. The molecule has 1 aliphatic rings. The molecule has 2 aromatic carbocycles. The molecule has 14 N–H and O–H groups in total. The highest BCUT2D eigenvalue weighted by Gasteiger charge is 2.34. The quantitative estimate of drug-likeness (QED) is 0.136. The van der Waals surface area contributed by atoms with Crippen molar-refractivity contribution in [3.63, 3.8) is 0 Å². The van der Waals surface area contributed by atoms with Gasteiger partial charge in [0, 0.05) is 30.8 Å². The standard InChI is InChI=1S/C18H27N11O4S2/c19-6-7-23-35(32,33)13-5-4-9(14(16(13)34(22,30)31)18-26-28-29-27-18)10-2-1-3-12-15(10)25-17(24-12)11(21)8-20/h1-5,11,18,23,26-29H,6-8,19-21H2,(H,24,25)(H2,22,30,31)/t11-/m1/s1. The van der Waals surface area contributed by atoms with Crippen LogP contribution in [0.1, 0.15) is 23.6 Å². The van der Waals surface area contributed by atoms with Crippen molar-refractivity contribution in [2.45, 2.75) is 22.0 Å². The van der Waals surface area contributed by atoms with E-state index in [0.717, 1.165) is 0 Å². The zero-order valence-electron chi connectivity index (χ0n) is 18.4. The summed E-state index contributed by atoms with van der Waals surface area (Å²) < 4.78 is 54.0. The van der Waals surface area contributed by atoms with E-state index in [-0.39, 0.29) is 25.2 Å². The maximum Gasteiger partial charge on any atom is 0.241 e.